The summed E-state index contributed by atoms with van der Waals surface area (Å²) >= 11 is 0. The molecule has 1 unspecified atom stereocenters. The molecule has 1 aliphatic heterocycles. The number of hydrogen-bond acceptors (Lipinski definition) is 2. The van der Waals surface area contributed by atoms with Gasteiger partial charge < -0.3 is 9.64 Å². The van der Waals surface area contributed by atoms with Crippen molar-refractivity contribution in [1.29, 1.82) is 0 Å². The monoisotopic (exact) mass is 275 g/mol. The van der Waals surface area contributed by atoms with E-state index in [1.807, 2.05) is 17.0 Å². The first-order valence-corrected chi connectivity index (χ1v) is 7.50. The third kappa shape index (κ3) is 3.60. The van der Waals surface area contributed by atoms with E-state index < -0.39 is 0 Å². The molecule has 0 N–H and O–H groups in total. The van der Waals surface area contributed by atoms with E-state index in [9.17, 15) is 4.79 Å². The largest absolute Gasteiger partial charge is 0.384 e. The average Bonchev–Trinajstić information content (AvgIpc) is 2.47. The number of nitrogens with zero attached hydrogens (tertiary/aromatic N) is 1. The number of amides is 1. The first-order chi connectivity index (χ1) is 9.61. The minimum atomic E-state index is 0.154. The summed E-state index contributed by atoms with van der Waals surface area (Å²) in [6.45, 7) is 6.76. The maximum atomic E-state index is 12.5. The Morgan fingerprint density at radius 3 is 2.65 bits per heavy atom. The van der Waals surface area contributed by atoms with Crippen molar-refractivity contribution in [1.82, 2.24) is 4.90 Å². The Balaban J connectivity index is 2.02. The van der Waals surface area contributed by atoms with Crippen LogP contribution in [0.25, 0.3) is 0 Å². The summed E-state index contributed by atoms with van der Waals surface area (Å²) in [6.07, 6.45) is 2.23. The van der Waals surface area contributed by atoms with Gasteiger partial charge in [-0.3, -0.25) is 4.79 Å². The summed E-state index contributed by atoms with van der Waals surface area (Å²) in [5.41, 5.74) is 2.07. The number of ether oxygens (including phenoxy) is 1. The van der Waals surface area contributed by atoms with Gasteiger partial charge in [0.25, 0.3) is 5.91 Å². The van der Waals surface area contributed by atoms with E-state index in [1.54, 1.807) is 7.11 Å². The summed E-state index contributed by atoms with van der Waals surface area (Å²) in [6, 6.07) is 8.04. The van der Waals surface area contributed by atoms with E-state index in [2.05, 4.69) is 26.0 Å². The number of carbonyl (C=O) groups is 1. The third-order valence-corrected chi connectivity index (χ3v) is 4.03. The highest BCUT2D eigenvalue weighted by molar-refractivity contribution is 5.94. The lowest BCUT2D eigenvalue weighted by atomic mass is 9.97. The number of carbonyl (C=O) groups excluding carboxylic acids is 1. The second-order valence-electron chi connectivity index (χ2n) is 5.99. The molecule has 1 heterocycles. The molecule has 1 fully saturated rings. The first kappa shape index (κ1) is 15.0. The highest BCUT2D eigenvalue weighted by atomic mass is 16.5. The van der Waals surface area contributed by atoms with Gasteiger partial charge in [0.2, 0.25) is 0 Å². The molecule has 3 nitrogen and oxygen atoms in total. The van der Waals surface area contributed by atoms with Gasteiger partial charge in [-0.1, -0.05) is 26.0 Å². The lowest BCUT2D eigenvalue weighted by Crippen LogP contribution is -2.41. The SMILES string of the molecule is COCC1CCCN(C(=O)c2ccc(C(C)C)cc2)C1. The molecule has 1 amide bonds. The van der Waals surface area contributed by atoms with Crippen molar-refractivity contribution < 1.29 is 9.53 Å². The standard InChI is InChI=1S/C17H25NO2/c1-13(2)15-6-8-16(9-7-15)17(19)18-10-4-5-14(11-18)12-20-3/h6-9,13-14H,4-5,10-12H2,1-3H3. The molecule has 2 rings (SSSR count). The molecule has 0 spiro atoms. The number of likely N-dealkylation sites (tertiary alicyclic amines) is 1. The van der Waals surface area contributed by atoms with Crippen LogP contribution in [0.4, 0.5) is 0 Å². The molecule has 1 atom stereocenters. The van der Waals surface area contributed by atoms with Gasteiger partial charge in [-0.25, -0.2) is 0 Å². The van der Waals surface area contributed by atoms with Crippen LogP contribution < -0.4 is 0 Å². The van der Waals surface area contributed by atoms with E-state index in [4.69, 9.17) is 4.74 Å². The molecule has 20 heavy (non-hydrogen) atoms. The van der Waals surface area contributed by atoms with Gasteiger partial charge in [0.1, 0.15) is 0 Å². The van der Waals surface area contributed by atoms with Crippen LogP contribution in [-0.4, -0.2) is 37.6 Å². The second kappa shape index (κ2) is 6.89. The van der Waals surface area contributed by atoms with Crippen LogP contribution in [0.3, 0.4) is 0 Å². The van der Waals surface area contributed by atoms with Crippen molar-refractivity contribution in [2.45, 2.75) is 32.6 Å². The Morgan fingerprint density at radius 1 is 1.35 bits per heavy atom. The van der Waals surface area contributed by atoms with Gasteiger partial charge in [0, 0.05) is 25.8 Å². The Labute approximate surface area is 121 Å². The molecular formula is C17H25NO2. The molecular weight excluding hydrogens is 250 g/mol. The van der Waals surface area contributed by atoms with Crippen molar-refractivity contribution in [3.05, 3.63) is 35.4 Å². The minimum Gasteiger partial charge on any atom is -0.384 e. The van der Waals surface area contributed by atoms with Crippen molar-refractivity contribution in [3.8, 4) is 0 Å². The second-order valence-corrected chi connectivity index (χ2v) is 5.99. The number of hydrogen-bond donors (Lipinski definition) is 0. The molecule has 110 valence electrons. The Hall–Kier alpha value is -1.35. The van der Waals surface area contributed by atoms with Crippen LogP contribution in [0.15, 0.2) is 24.3 Å². The van der Waals surface area contributed by atoms with Gasteiger partial charge in [0.15, 0.2) is 0 Å². The van der Waals surface area contributed by atoms with Crippen molar-refractivity contribution in [3.63, 3.8) is 0 Å². The molecule has 0 bridgehead atoms. The Bertz CT molecular complexity index is 437. The lowest BCUT2D eigenvalue weighted by Gasteiger charge is -2.32. The van der Waals surface area contributed by atoms with Crippen LogP contribution in [-0.2, 0) is 4.74 Å². The smallest absolute Gasteiger partial charge is 0.253 e. The van der Waals surface area contributed by atoms with E-state index in [0.29, 0.717) is 11.8 Å². The van der Waals surface area contributed by atoms with Crippen molar-refractivity contribution >= 4 is 5.91 Å². The van der Waals surface area contributed by atoms with Crippen LogP contribution >= 0.6 is 0 Å². The van der Waals surface area contributed by atoms with Gasteiger partial charge >= 0.3 is 0 Å². The maximum Gasteiger partial charge on any atom is 0.253 e. The summed E-state index contributed by atoms with van der Waals surface area (Å²) in [7, 11) is 1.73. The van der Waals surface area contributed by atoms with Crippen LogP contribution in [0.5, 0.6) is 0 Å². The summed E-state index contributed by atoms with van der Waals surface area (Å²) in [5, 5.41) is 0. The molecule has 1 saturated heterocycles. The predicted molar refractivity (Wildman–Crippen MR) is 81.0 cm³/mol. The van der Waals surface area contributed by atoms with Crippen molar-refractivity contribution in [2.75, 3.05) is 26.8 Å². The molecule has 0 aliphatic carbocycles. The average molecular weight is 275 g/mol. The molecule has 0 radical (unpaired) electrons. The van der Waals surface area contributed by atoms with Crippen molar-refractivity contribution in [2.24, 2.45) is 5.92 Å². The summed E-state index contributed by atoms with van der Waals surface area (Å²) < 4.78 is 5.22. The lowest BCUT2D eigenvalue weighted by molar-refractivity contribution is 0.0571. The van der Waals surface area contributed by atoms with Crippen LogP contribution in [0.1, 0.15) is 48.5 Å². The zero-order valence-corrected chi connectivity index (χ0v) is 12.8. The maximum absolute atomic E-state index is 12.5. The molecule has 0 saturated carbocycles. The Morgan fingerprint density at radius 2 is 2.05 bits per heavy atom. The fraction of sp³-hybridized carbons (Fsp3) is 0.588. The van der Waals surface area contributed by atoms with E-state index in [-0.39, 0.29) is 5.91 Å². The Kier molecular flexibility index (Phi) is 5.18. The van der Waals surface area contributed by atoms with E-state index in [1.165, 1.54) is 5.56 Å². The molecule has 1 aromatic carbocycles. The van der Waals surface area contributed by atoms with E-state index >= 15 is 0 Å². The normalized spacial score (nSPS) is 19.4. The van der Waals surface area contributed by atoms with Gasteiger partial charge in [-0.2, -0.15) is 0 Å². The number of rotatable bonds is 4. The highest BCUT2D eigenvalue weighted by Gasteiger charge is 2.24. The quantitative estimate of drug-likeness (QED) is 0.843. The topological polar surface area (TPSA) is 29.5 Å². The van der Waals surface area contributed by atoms with E-state index in [0.717, 1.165) is 38.1 Å². The fourth-order valence-corrected chi connectivity index (χ4v) is 2.81. The predicted octanol–water partition coefficient (Wildman–Crippen LogP) is 3.31. The number of methoxy groups -OCH3 is 1. The van der Waals surface area contributed by atoms with Gasteiger partial charge in [-0.05, 0) is 42.4 Å². The van der Waals surface area contributed by atoms with Crippen LogP contribution in [0.2, 0.25) is 0 Å². The number of benzene rings is 1. The fourth-order valence-electron chi connectivity index (χ4n) is 2.81. The first-order valence-electron chi connectivity index (χ1n) is 7.50. The zero-order chi connectivity index (χ0) is 14.5. The van der Waals surface area contributed by atoms with Gasteiger partial charge in [-0.15, -0.1) is 0 Å². The molecule has 1 aromatic rings. The zero-order valence-electron chi connectivity index (χ0n) is 12.8. The molecule has 1 aliphatic rings. The van der Waals surface area contributed by atoms with Gasteiger partial charge in [0.05, 0.1) is 6.61 Å². The van der Waals surface area contributed by atoms with Crippen LogP contribution in [0, 0.1) is 5.92 Å². The minimum absolute atomic E-state index is 0.154. The number of piperidine rings is 1. The summed E-state index contributed by atoms with van der Waals surface area (Å²) in [5.74, 6) is 1.13. The highest BCUT2D eigenvalue weighted by Crippen LogP contribution is 2.20. The molecule has 0 aromatic heterocycles. The third-order valence-electron chi connectivity index (χ3n) is 4.03. The molecule has 3 heteroatoms. The summed E-state index contributed by atoms with van der Waals surface area (Å²) in [4.78, 5) is 14.5.